The fourth-order valence-electron chi connectivity index (χ4n) is 6.45. The zero-order chi connectivity index (χ0) is 16.4. The van der Waals surface area contributed by atoms with Gasteiger partial charge < -0.3 is 9.84 Å². The largest absolute Gasteiger partial charge is 0.390 e. The van der Waals surface area contributed by atoms with E-state index in [1.165, 1.54) is 25.7 Å². The molecule has 1 heterocycles. The molecule has 3 rings (SSSR count). The van der Waals surface area contributed by atoms with E-state index in [2.05, 4.69) is 34.3 Å². The summed E-state index contributed by atoms with van der Waals surface area (Å²) in [6, 6.07) is 0. The number of rotatable bonds is 1. The van der Waals surface area contributed by atoms with E-state index < -0.39 is 11.7 Å². The van der Waals surface area contributed by atoms with Crippen molar-refractivity contribution in [2.24, 2.45) is 22.7 Å². The molecule has 1 saturated heterocycles. The molecule has 22 heavy (non-hydrogen) atoms. The fraction of sp³-hybridized carbons (Fsp3) is 0.900. The Bertz CT molecular complexity index is 470. The van der Waals surface area contributed by atoms with Crippen LogP contribution in [0.1, 0.15) is 73.1 Å². The van der Waals surface area contributed by atoms with Gasteiger partial charge >= 0.3 is 0 Å². The van der Waals surface area contributed by atoms with E-state index >= 15 is 0 Å². The van der Waals surface area contributed by atoms with Crippen molar-refractivity contribution >= 4 is 0 Å². The zero-order valence-corrected chi connectivity index (χ0v) is 15.1. The average Bonchev–Trinajstić information content (AvgIpc) is 2.40. The highest BCUT2D eigenvalue weighted by atomic mass is 16.5. The molecule has 0 aromatic rings. The Kier molecular flexibility index (Phi) is 3.63. The Balaban J connectivity index is 1.98. The van der Waals surface area contributed by atoms with Crippen LogP contribution in [0.3, 0.4) is 0 Å². The fourth-order valence-corrected chi connectivity index (χ4v) is 6.45. The van der Waals surface area contributed by atoms with Gasteiger partial charge in [-0.2, -0.15) is 0 Å². The minimum absolute atomic E-state index is 0.124. The van der Waals surface area contributed by atoms with Gasteiger partial charge in [-0.3, -0.25) is 0 Å². The van der Waals surface area contributed by atoms with Crippen LogP contribution in [0, 0.1) is 22.7 Å². The number of hydrogen-bond donors (Lipinski definition) is 1. The Hall–Kier alpha value is -0.340. The first kappa shape index (κ1) is 16.5. The van der Waals surface area contributed by atoms with E-state index in [0.717, 1.165) is 18.8 Å². The van der Waals surface area contributed by atoms with Gasteiger partial charge in [-0.25, -0.2) is 0 Å². The summed E-state index contributed by atoms with van der Waals surface area (Å²) in [6.07, 6.45) is 8.50. The third-order valence-corrected chi connectivity index (χ3v) is 7.72. The van der Waals surface area contributed by atoms with Gasteiger partial charge in [-0.1, -0.05) is 33.3 Å². The first-order chi connectivity index (χ1) is 10.1. The van der Waals surface area contributed by atoms with Crippen LogP contribution in [0.5, 0.6) is 0 Å². The van der Waals surface area contributed by atoms with Crippen molar-refractivity contribution in [2.75, 3.05) is 0 Å². The number of aliphatic hydroxyl groups is 1. The summed E-state index contributed by atoms with van der Waals surface area (Å²) in [4.78, 5) is 0. The molecular formula is C20H34O2. The van der Waals surface area contributed by atoms with Crippen molar-refractivity contribution < 1.29 is 9.84 Å². The lowest BCUT2D eigenvalue weighted by molar-refractivity contribution is -0.281. The zero-order valence-electron chi connectivity index (χ0n) is 15.1. The van der Waals surface area contributed by atoms with Crippen molar-refractivity contribution in [1.82, 2.24) is 0 Å². The van der Waals surface area contributed by atoms with Crippen LogP contribution < -0.4 is 0 Å². The van der Waals surface area contributed by atoms with Gasteiger partial charge in [0.05, 0.1) is 11.7 Å². The first-order valence-electron chi connectivity index (χ1n) is 9.09. The van der Waals surface area contributed by atoms with Crippen molar-refractivity contribution in [3.63, 3.8) is 0 Å². The van der Waals surface area contributed by atoms with Crippen molar-refractivity contribution in [3.05, 3.63) is 12.7 Å². The summed E-state index contributed by atoms with van der Waals surface area (Å²) in [5.41, 5.74) is -0.0177. The normalized spacial score (nSPS) is 54.2. The molecular weight excluding hydrogens is 272 g/mol. The molecule has 3 fully saturated rings. The lowest BCUT2D eigenvalue weighted by Gasteiger charge is -2.65. The number of ether oxygens (including phenoxy) is 1. The summed E-state index contributed by atoms with van der Waals surface area (Å²) in [5.74, 6) is 1.19. The molecule has 0 spiro atoms. The van der Waals surface area contributed by atoms with Crippen molar-refractivity contribution in [3.8, 4) is 0 Å². The molecule has 0 aromatic carbocycles. The van der Waals surface area contributed by atoms with Gasteiger partial charge in [0.1, 0.15) is 5.60 Å². The number of fused-ring (bicyclic) bond motifs is 3. The summed E-state index contributed by atoms with van der Waals surface area (Å²) >= 11 is 0. The summed E-state index contributed by atoms with van der Waals surface area (Å²) in [5, 5.41) is 10.7. The Labute approximate surface area is 136 Å². The van der Waals surface area contributed by atoms with E-state index in [4.69, 9.17) is 4.74 Å². The van der Waals surface area contributed by atoms with Crippen molar-refractivity contribution in [1.29, 1.82) is 0 Å². The van der Waals surface area contributed by atoms with E-state index in [9.17, 15) is 5.11 Å². The molecule has 0 bridgehead atoms. The predicted molar refractivity (Wildman–Crippen MR) is 90.7 cm³/mol. The Morgan fingerprint density at radius 1 is 1.05 bits per heavy atom. The highest BCUT2D eigenvalue weighted by Gasteiger charge is 2.62. The third kappa shape index (κ3) is 2.13. The lowest BCUT2D eigenvalue weighted by Crippen LogP contribution is -2.65. The lowest BCUT2D eigenvalue weighted by atomic mass is 9.44. The van der Waals surface area contributed by atoms with Gasteiger partial charge in [0, 0.05) is 0 Å². The van der Waals surface area contributed by atoms with E-state index in [1.807, 2.05) is 6.92 Å². The van der Waals surface area contributed by atoms with E-state index in [-0.39, 0.29) is 11.0 Å². The maximum absolute atomic E-state index is 10.7. The average molecular weight is 306 g/mol. The Morgan fingerprint density at radius 3 is 2.36 bits per heavy atom. The molecule has 2 aliphatic carbocycles. The molecule has 0 radical (unpaired) electrons. The second-order valence-electron chi connectivity index (χ2n) is 9.55. The topological polar surface area (TPSA) is 29.5 Å². The van der Waals surface area contributed by atoms with Gasteiger partial charge in [0.25, 0.3) is 0 Å². The minimum Gasteiger partial charge on any atom is -0.390 e. The van der Waals surface area contributed by atoms with Crippen LogP contribution in [0.15, 0.2) is 12.7 Å². The standard InChI is InChI=1S/C20H34O2/c1-7-19(5)16(21)13-15-18(4)11-8-10-17(2,3)14(18)9-12-20(15,6)22-19/h7,14-16,21H,1,8-13H2,2-6H3/t14-,15-,16+,18-,19-,20+/m0/s1. The third-order valence-electron chi connectivity index (χ3n) is 7.72. The smallest absolute Gasteiger partial charge is 0.110 e. The highest BCUT2D eigenvalue weighted by Crippen LogP contribution is 2.65. The Morgan fingerprint density at radius 2 is 1.73 bits per heavy atom. The molecule has 6 atom stereocenters. The molecule has 0 aromatic heterocycles. The maximum Gasteiger partial charge on any atom is 0.110 e. The molecule has 0 amide bonds. The van der Waals surface area contributed by atoms with Crippen LogP contribution in [0.4, 0.5) is 0 Å². The molecule has 0 unspecified atom stereocenters. The van der Waals surface area contributed by atoms with Gasteiger partial charge in [-0.05, 0) is 68.6 Å². The van der Waals surface area contributed by atoms with Crippen LogP contribution in [-0.2, 0) is 4.74 Å². The number of aliphatic hydroxyl groups excluding tert-OH is 1. The molecule has 1 N–H and O–H groups in total. The minimum atomic E-state index is -0.599. The quantitative estimate of drug-likeness (QED) is 0.711. The van der Waals surface area contributed by atoms with E-state index in [0.29, 0.717) is 11.3 Å². The van der Waals surface area contributed by atoms with Gasteiger partial charge in [0.2, 0.25) is 0 Å². The van der Waals surface area contributed by atoms with Gasteiger partial charge in [-0.15, -0.1) is 6.58 Å². The van der Waals surface area contributed by atoms with Crippen LogP contribution in [-0.4, -0.2) is 22.4 Å². The van der Waals surface area contributed by atoms with Crippen molar-refractivity contribution in [2.45, 2.75) is 90.4 Å². The SMILES string of the molecule is C=C[C@]1(C)O[C@]2(C)CC[C@H]3C(C)(C)CCC[C@]3(C)[C@@H]2C[C@H]1O. The summed E-state index contributed by atoms with van der Waals surface area (Å²) in [7, 11) is 0. The monoisotopic (exact) mass is 306 g/mol. The number of hydrogen-bond acceptors (Lipinski definition) is 2. The molecule has 1 aliphatic heterocycles. The second-order valence-corrected chi connectivity index (χ2v) is 9.55. The van der Waals surface area contributed by atoms with Crippen LogP contribution in [0.2, 0.25) is 0 Å². The summed E-state index contributed by atoms with van der Waals surface area (Å²) in [6.45, 7) is 15.6. The molecule has 2 heteroatoms. The van der Waals surface area contributed by atoms with E-state index in [1.54, 1.807) is 6.08 Å². The molecule has 126 valence electrons. The highest BCUT2D eigenvalue weighted by molar-refractivity contribution is 5.15. The predicted octanol–water partition coefficient (Wildman–Crippen LogP) is 4.71. The van der Waals surface area contributed by atoms with Crippen LogP contribution >= 0.6 is 0 Å². The second kappa shape index (κ2) is 4.83. The summed E-state index contributed by atoms with van der Waals surface area (Å²) < 4.78 is 6.54. The first-order valence-corrected chi connectivity index (χ1v) is 9.09. The molecule has 3 aliphatic rings. The molecule has 2 nitrogen and oxygen atoms in total. The van der Waals surface area contributed by atoms with Crippen LogP contribution in [0.25, 0.3) is 0 Å². The van der Waals surface area contributed by atoms with Gasteiger partial charge in [0.15, 0.2) is 0 Å². The molecule has 2 saturated carbocycles. The maximum atomic E-state index is 10.7.